The van der Waals surface area contributed by atoms with Gasteiger partial charge in [0.2, 0.25) is 0 Å². The molecule has 5 unspecified atom stereocenters. The van der Waals surface area contributed by atoms with Crippen molar-refractivity contribution in [1.29, 1.82) is 0 Å². The molecule has 0 aliphatic rings. The smallest absolute Gasteiger partial charge is 0.463 e. The lowest BCUT2D eigenvalue weighted by Gasteiger charge is -2.21. The topological polar surface area (TPSA) is 231 Å². The number of phosphoric acid groups is 2. The monoisotopic (exact) mass is 1590 g/mol. The van der Waals surface area contributed by atoms with Gasteiger partial charge >= 0.3 is 33.6 Å². The van der Waals surface area contributed by atoms with E-state index in [1.807, 2.05) is 12.2 Å². The summed E-state index contributed by atoms with van der Waals surface area (Å²) in [6.45, 7) is 2.36. The first-order valence-electron chi connectivity index (χ1n) is 43.1. The van der Waals surface area contributed by atoms with Crippen LogP contribution in [0.3, 0.4) is 0 Å². The van der Waals surface area contributed by atoms with Crippen LogP contribution < -0.4 is 0 Å². The Morgan fingerprint density at radius 1 is 0.261 bits per heavy atom. The van der Waals surface area contributed by atoms with E-state index in [-0.39, 0.29) is 19.3 Å². The lowest BCUT2D eigenvalue weighted by molar-refractivity contribution is -0.161. The third kappa shape index (κ3) is 85.4. The molecule has 0 aliphatic heterocycles. The Morgan fingerprint density at radius 2 is 0.486 bits per heavy atom. The zero-order chi connectivity index (χ0) is 80.8. The molecular formula is C93H154O16P2. The predicted octanol–water partition coefficient (Wildman–Crippen LogP) is 26.1. The van der Waals surface area contributed by atoms with Gasteiger partial charge in [0, 0.05) is 19.3 Å². The van der Waals surface area contributed by atoms with Crippen LogP contribution >= 0.6 is 15.6 Å². The van der Waals surface area contributed by atoms with E-state index in [1.165, 1.54) is 116 Å². The van der Waals surface area contributed by atoms with Crippen LogP contribution in [0.15, 0.2) is 182 Å². The maximum absolute atomic E-state index is 13.0. The Hall–Kier alpha value is -5.35. The highest BCUT2D eigenvalue weighted by Crippen LogP contribution is 2.45. The molecule has 16 nitrogen and oxygen atoms in total. The average Bonchev–Trinajstić information content (AvgIpc) is 0.901. The van der Waals surface area contributed by atoms with E-state index in [2.05, 4.69) is 191 Å². The molecule has 0 fully saturated rings. The number of aliphatic hydroxyl groups excluding tert-OH is 2. The van der Waals surface area contributed by atoms with Gasteiger partial charge in [-0.25, -0.2) is 9.13 Å². The number of unbranched alkanes of at least 4 members (excludes halogenated alkanes) is 27. The van der Waals surface area contributed by atoms with E-state index in [0.29, 0.717) is 25.7 Å². The number of allylic oxidation sites excluding steroid dienone is 30. The average molecular weight is 1590 g/mol. The summed E-state index contributed by atoms with van der Waals surface area (Å²) in [7, 11) is -9.83. The SMILES string of the molecule is CC/C=C\C/C=C\C/C=C\C/C=C\C/C=C\C/C=C\CCCCCCCCCCCCCCCCC(=O)OCC(O)COP(=O)(O)OCC(O)COP(=O)(O)OCC(COC(=O)CCCCCCCCCCC/C=C\C/C=C\C/C=C\C/C=C\CCCCC)OC(=O)CCC/C=C\C/C=C\C/C=C\C/C=C\C/C=C\CC. The highest BCUT2D eigenvalue weighted by atomic mass is 31.2. The summed E-state index contributed by atoms with van der Waals surface area (Å²) in [6.07, 6.45) is 110. The third-order valence-corrected chi connectivity index (χ3v) is 19.5. The highest BCUT2D eigenvalue weighted by molar-refractivity contribution is 7.47. The van der Waals surface area contributed by atoms with Crippen LogP contribution in [0.2, 0.25) is 0 Å². The molecule has 0 spiro atoms. The van der Waals surface area contributed by atoms with Gasteiger partial charge < -0.3 is 34.2 Å². The first-order chi connectivity index (χ1) is 54.2. The number of rotatable bonds is 80. The summed E-state index contributed by atoms with van der Waals surface area (Å²) in [4.78, 5) is 58.8. The molecule has 632 valence electrons. The highest BCUT2D eigenvalue weighted by Gasteiger charge is 2.29. The van der Waals surface area contributed by atoms with Gasteiger partial charge in [-0.15, -0.1) is 0 Å². The summed E-state index contributed by atoms with van der Waals surface area (Å²) >= 11 is 0. The van der Waals surface area contributed by atoms with Gasteiger partial charge in [-0.3, -0.25) is 32.5 Å². The molecule has 18 heteroatoms. The number of hydrogen-bond donors (Lipinski definition) is 4. The van der Waals surface area contributed by atoms with E-state index >= 15 is 0 Å². The summed E-state index contributed by atoms with van der Waals surface area (Å²) in [5.41, 5.74) is 0. The molecule has 111 heavy (non-hydrogen) atoms. The Morgan fingerprint density at radius 3 is 0.784 bits per heavy atom. The molecule has 5 atom stereocenters. The normalized spacial score (nSPS) is 14.8. The molecule has 4 N–H and O–H groups in total. The van der Waals surface area contributed by atoms with Gasteiger partial charge in [-0.1, -0.05) is 338 Å². The van der Waals surface area contributed by atoms with Crippen molar-refractivity contribution < 1.29 is 75.8 Å². The quantitative estimate of drug-likeness (QED) is 0.0146. The van der Waals surface area contributed by atoms with E-state index in [4.69, 9.17) is 32.3 Å². The first-order valence-corrected chi connectivity index (χ1v) is 46.1. The van der Waals surface area contributed by atoms with Crippen molar-refractivity contribution in [3.8, 4) is 0 Å². The lowest BCUT2D eigenvalue weighted by Crippen LogP contribution is -2.30. The van der Waals surface area contributed by atoms with Gasteiger partial charge in [-0.2, -0.15) is 0 Å². The van der Waals surface area contributed by atoms with Crippen LogP contribution in [0.4, 0.5) is 0 Å². The fraction of sp³-hybridized carbons (Fsp3) is 0.645. The maximum Gasteiger partial charge on any atom is 0.472 e. The lowest BCUT2D eigenvalue weighted by atomic mass is 10.0. The molecule has 0 amide bonds. The summed E-state index contributed by atoms with van der Waals surface area (Å²) < 4.78 is 61.2. The zero-order valence-electron chi connectivity index (χ0n) is 69.3. The molecular weight excluding hydrogens is 1430 g/mol. The Kier molecular flexibility index (Phi) is 80.0. The molecule has 0 bridgehead atoms. The molecule has 0 radical (unpaired) electrons. The van der Waals surface area contributed by atoms with Crippen molar-refractivity contribution in [3.05, 3.63) is 182 Å². The minimum Gasteiger partial charge on any atom is -0.463 e. The van der Waals surface area contributed by atoms with E-state index in [0.717, 1.165) is 148 Å². The fourth-order valence-corrected chi connectivity index (χ4v) is 12.7. The molecule has 0 heterocycles. The van der Waals surface area contributed by atoms with E-state index in [9.17, 15) is 43.5 Å². The van der Waals surface area contributed by atoms with Crippen molar-refractivity contribution >= 4 is 33.6 Å². The first kappa shape index (κ1) is 106. The van der Waals surface area contributed by atoms with Crippen LogP contribution in [0, 0.1) is 0 Å². The minimum atomic E-state index is -4.96. The van der Waals surface area contributed by atoms with Crippen molar-refractivity contribution in [2.24, 2.45) is 0 Å². The number of ether oxygens (including phenoxy) is 3. The largest absolute Gasteiger partial charge is 0.472 e. The van der Waals surface area contributed by atoms with Gasteiger partial charge in [0.15, 0.2) is 6.10 Å². The number of aliphatic hydroxyl groups is 2. The number of carbonyl (C=O) groups excluding carboxylic acids is 3. The number of phosphoric ester groups is 2. The van der Waals surface area contributed by atoms with Crippen LogP contribution in [-0.2, 0) is 55.8 Å². The minimum absolute atomic E-state index is 0.0196. The van der Waals surface area contributed by atoms with E-state index in [1.54, 1.807) is 0 Å². The van der Waals surface area contributed by atoms with Crippen molar-refractivity contribution in [2.45, 2.75) is 347 Å². The molecule has 0 saturated carbocycles. The molecule has 0 aromatic rings. The van der Waals surface area contributed by atoms with Crippen molar-refractivity contribution in [2.75, 3.05) is 39.6 Å². The van der Waals surface area contributed by atoms with E-state index < -0.39 is 91.5 Å². The predicted molar refractivity (Wildman–Crippen MR) is 463 cm³/mol. The maximum atomic E-state index is 13.0. The standard InChI is InChI=1S/C93H154O16P2/c1-4-7-10-13-16-19-22-25-28-31-33-35-37-39-40-41-42-43-44-45-46-48-50-51-53-56-58-61-64-67-70-73-76-79-91(96)103-82-88(94)83-105-110(99,100)106-84-89(95)85-107-111(101,102)108-87-90(109-93(98)81-78-75-72-69-66-63-60-55-30-27-24-21-18-15-12-9-6-3)86-104-92(97)80-77-74-71-68-65-62-59-57-54-52-49-47-38-36-34-32-29-26-23-20-17-14-11-8-5-2/h7,9-10,12,16-21,25-30,33-36,39-40,42-43,47,49,60,63,69,72,88-90,94-95H,4-6,8,11,13-15,22-24,31-32,37-38,41,44-46,48,50-59,61-62,64-68,70-71,73-87H2,1-3H3,(H,99,100)(H,101,102)/b10-7-,12-9-,19-16-,20-17-,21-18-,28-25-,29-26-,30-27-,35-33-,36-34-,40-39-,43-42-,49-47-,63-60-,72-69-. The number of hydrogen-bond acceptors (Lipinski definition) is 14. The van der Waals surface area contributed by atoms with Gasteiger partial charge in [0.25, 0.3) is 0 Å². The second-order valence-corrected chi connectivity index (χ2v) is 31.1. The van der Waals surface area contributed by atoms with Crippen LogP contribution in [0.1, 0.15) is 329 Å². The van der Waals surface area contributed by atoms with Crippen LogP contribution in [-0.4, -0.2) is 95.9 Å². The Labute approximate surface area is 675 Å². The van der Waals surface area contributed by atoms with Crippen molar-refractivity contribution in [3.63, 3.8) is 0 Å². The van der Waals surface area contributed by atoms with Crippen LogP contribution in [0.5, 0.6) is 0 Å². The number of esters is 3. The fourth-order valence-electron chi connectivity index (χ4n) is 11.1. The summed E-state index contributed by atoms with van der Waals surface area (Å²) in [5.74, 6) is -1.65. The van der Waals surface area contributed by atoms with Crippen LogP contribution in [0.25, 0.3) is 0 Å². The van der Waals surface area contributed by atoms with Gasteiger partial charge in [0.05, 0.1) is 26.4 Å². The molecule has 0 aromatic carbocycles. The summed E-state index contributed by atoms with van der Waals surface area (Å²) in [6, 6.07) is 0. The second-order valence-electron chi connectivity index (χ2n) is 28.2. The van der Waals surface area contributed by atoms with Crippen molar-refractivity contribution in [1.82, 2.24) is 0 Å². The molecule has 0 saturated heterocycles. The Bertz CT molecular complexity index is 2750. The second kappa shape index (κ2) is 84.1. The summed E-state index contributed by atoms with van der Waals surface area (Å²) in [5, 5.41) is 20.7. The third-order valence-electron chi connectivity index (χ3n) is 17.6. The Balaban J connectivity index is 4.56. The molecule has 0 aromatic heterocycles. The zero-order valence-corrected chi connectivity index (χ0v) is 71.1. The number of carbonyl (C=O) groups is 3. The van der Waals surface area contributed by atoms with Gasteiger partial charge in [-0.05, 0) is 154 Å². The molecule has 0 rings (SSSR count). The molecule has 0 aliphatic carbocycles. The van der Waals surface area contributed by atoms with Gasteiger partial charge in [0.1, 0.15) is 25.4 Å².